The van der Waals surface area contributed by atoms with Crippen LogP contribution in [-0.2, 0) is 0 Å². The Balaban J connectivity index is 1.80. The molecule has 1 aromatic carbocycles. The van der Waals surface area contributed by atoms with Crippen LogP contribution in [0.1, 0.15) is 28.8 Å². The van der Waals surface area contributed by atoms with E-state index in [0.717, 1.165) is 32.5 Å². The highest BCUT2D eigenvalue weighted by Crippen LogP contribution is 2.19. The highest BCUT2D eigenvalue weighted by atomic mass is 16.3. The molecule has 5 nitrogen and oxygen atoms in total. The number of aliphatic hydroxyl groups is 1. The molecule has 1 amide bonds. The van der Waals surface area contributed by atoms with E-state index >= 15 is 0 Å². The van der Waals surface area contributed by atoms with Crippen LogP contribution in [-0.4, -0.2) is 53.8 Å². The lowest BCUT2D eigenvalue weighted by atomic mass is 9.99. The first-order valence-electron chi connectivity index (χ1n) is 7.51. The second-order valence-corrected chi connectivity index (χ2v) is 5.70. The summed E-state index contributed by atoms with van der Waals surface area (Å²) in [5.41, 5.74) is 1.12. The van der Waals surface area contributed by atoms with Gasteiger partial charge >= 0.3 is 0 Å². The summed E-state index contributed by atoms with van der Waals surface area (Å²) < 4.78 is 0. The van der Waals surface area contributed by atoms with E-state index in [2.05, 4.69) is 10.2 Å². The number of amides is 1. The van der Waals surface area contributed by atoms with Gasteiger partial charge in [-0.1, -0.05) is 6.07 Å². The fourth-order valence-electron chi connectivity index (χ4n) is 2.80. The number of nitrogens with zero attached hydrogens (tertiary/aromatic N) is 1. The number of carbonyl (C=O) groups excluding carboxylic acids is 1. The minimum atomic E-state index is -0.154. The molecule has 1 saturated heterocycles. The molecule has 1 unspecified atom stereocenters. The van der Waals surface area contributed by atoms with Crippen molar-refractivity contribution in [2.45, 2.75) is 19.8 Å². The minimum Gasteiger partial charge on any atom is -0.508 e. The summed E-state index contributed by atoms with van der Waals surface area (Å²) in [7, 11) is 0. The van der Waals surface area contributed by atoms with E-state index in [0.29, 0.717) is 23.6 Å². The Morgan fingerprint density at radius 2 is 2.29 bits per heavy atom. The number of aromatic hydroxyl groups is 1. The summed E-state index contributed by atoms with van der Waals surface area (Å²) in [4.78, 5) is 14.4. The highest BCUT2D eigenvalue weighted by Gasteiger charge is 2.19. The number of benzene rings is 1. The monoisotopic (exact) mass is 292 g/mol. The number of phenolic OH excluding ortho intramolecular Hbond substituents is 1. The van der Waals surface area contributed by atoms with Gasteiger partial charge in [-0.2, -0.15) is 0 Å². The maximum Gasteiger partial charge on any atom is 0.251 e. The maximum atomic E-state index is 12.1. The van der Waals surface area contributed by atoms with E-state index in [1.165, 1.54) is 0 Å². The van der Waals surface area contributed by atoms with Crippen molar-refractivity contribution in [2.24, 2.45) is 5.92 Å². The van der Waals surface area contributed by atoms with Crippen molar-refractivity contribution in [1.29, 1.82) is 0 Å². The Hall–Kier alpha value is -1.59. The first-order valence-corrected chi connectivity index (χ1v) is 7.51. The number of aliphatic hydroxyl groups excluding tert-OH is 1. The van der Waals surface area contributed by atoms with Crippen LogP contribution >= 0.6 is 0 Å². The number of hydrogen-bond donors (Lipinski definition) is 3. The molecule has 1 aliphatic heterocycles. The van der Waals surface area contributed by atoms with Crippen LogP contribution in [0.2, 0.25) is 0 Å². The predicted molar refractivity (Wildman–Crippen MR) is 81.4 cm³/mol. The molecule has 1 aromatic rings. The molecule has 2 rings (SSSR count). The number of rotatable bonds is 5. The molecule has 0 aromatic heterocycles. The van der Waals surface area contributed by atoms with E-state index in [1.807, 2.05) is 0 Å². The molecule has 21 heavy (non-hydrogen) atoms. The lowest BCUT2D eigenvalue weighted by Crippen LogP contribution is -2.41. The van der Waals surface area contributed by atoms with Gasteiger partial charge < -0.3 is 20.4 Å². The van der Waals surface area contributed by atoms with Gasteiger partial charge in [0.25, 0.3) is 5.91 Å². The van der Waals surface area contributed by atoms with Gasteiger partial charge in [0.15, 0.2) is 0 Å². The van der Waals surface area contributed by atoms with Gasteiger partial charge in [-0.05, 0) is 44.4 Å². The molecular formula is C16H24N2O3. The molecule has 1 aliphatic rings. The van der Waals surface area contributed by atoms with Crippen molar-refractivity contribution >= 4 is 5.91 Å². The Labute approximate surface area is 125 Å². The molecule has 0 aliphatic carbocycles. The third-order valence-electron chi connectivity index (χ3n) is 4.12. The Morgan fingerprint density at radius 3 is 3.05 bits per heavy atom. The standard InChI is InChI=1S/C16H24N2O3/c1-12-14(5-2-6-15(12)20)16(21)17-7-9-18-8-3-4-13(10-18)11-19/h2,5-6,13,19-20H,3-4,7-11H2,1H3,(H,17,21). The van der Waals surface area contributed by atoms with Crippen LogP contribution in [0.3, 0.4) is 0 Å². The van der Waals surface area contributed by atoms with Crippen LogP contribution in [0.25, 0.3) is 0 Å². The smallest absolute Gasteiger partial charge is 0.251 e. The van der Waals surface area contributed by atoms with Crippen LogP contribution < -0.4 is 5.32 Å². The zero-order valence-electron chi connectivity index (χ0n) is 12.5. The number of piperidine rings is 1. The van der Waals surface area contributed by atoms with Gasteiger partial charge in [-0.3, -0.25) is 4.79 Å². The SMILES string of the molecule is Cc1c(O)cccc1C(=O)NCCN1CCCC(CO)C1. The van der Waals surface area contributed by atoms with Crippen LogP contribution in [0.4, 0.5) is 0 Å². The van der Waals surface area contributed by atoms with E-state index in [1.54, 1.807) is 25.1 Å². The Kier molecular flexibility index (Phi) is 5.59. The molecule has 0 saturated carbocycles. The van der Waals surface area contributed by atoms with Crippen molar-refractivity contribution in [1.82, 2.24) is 10.2 Å². The molecule has 0 bridgehead atoms. The van der Waals surface area contributed by atoms with Crippen molar-refractivity contribution in [3.63, 3.8) is 0 Å². The van der Waals surface area contributed by atoms with E-state index in [9.17, 15) is 15.0 Å². The number of carbonyl (C=O) groups is 1. The third kappa shape index (κ3) is 4.19. The fraction of sp³-hybridized carbons (Fsp3) is 0.562. The maximum absolute atomic E-state index is 12.1. The number of hydrogen-bond acceptors (Lipinski definition) is 4. The van der Waals surface area contributed by atoms with Crippen LogP contribution in [0.15, 0.2) is 18.2 Å². The van der Waals surface area contributed by atoms with Crippen LogP contribution in [0, 0.1) is 12.8 Å². The molecular weight excluding hydrogens is 268 g/mol. The van der Waals surface area contributed by atoms with Crippen LogP contribution in [0.5, 0.6) is 5.75 Å². The topological polar surface area (TPSA) is 72.8 Å². The molecule has 1 atom stereocenters. The summed E-state index contributed by atoms with van der Waals surface area (Å²) in [5, 5.41) is 21.7. The average Bonchev–Trinajstić information content (AvgIpc) is 2.50. The predicted octanol–water partition coefficient (Wildman–Crippen LogP) is 1.13. The van der Waals surface area contributed by atoms with Crippen molar-refractivity contribution < 1.29 is 15.0 Å². The summed E-state index contributed by atoms with van der Waals surface area (Å²) in [5.74, 6) is 0.353. The highest BCUT2D eigenvalue weighted by molar-refractivity contribution is 5.96. The number of nitrogens with one attached hydrogen (secondary N) is 1. The zero-order chi connectivity index (χ0) is 15.2. The summed E-state index contributed by atoms with van der Waals surface area (Å²) >= 11 is 0. The Bertz CT molecular complexity index is 490. The van der Waals surface area contributed by atoms with E-state index in [-0.39, 0.29) is 18.3 Å². The van der Waals surface area contributed by atoms with Gasteiger partial charge in [-0.15, -0.1) is 0 Å². The summed E-state index contributed by atoms with van der Waals surface area (Å²) in [6, 6.07) is 4.97. The van der Waals surface area contributed by atoms with Gasteiger partial charge in [-0.25, -0.2) is 0 Å². The lowest BCUT2D eigenvalue weighted by molar-refractivity contribution is 0.0929. The Morgan fingerprint density at radius 1 is 1.48 bits per heavy atom. The second kappa shape index (κ2) is 7.43. The molecule has 0 spiro atoms. The van der Waals surface area contributed by atoms with Crippen molar-refractivity contribution in [3.05, 3.63) is 29.3 Å². The zero-order valence-corrected chi connectivity index (χ0v) is 12.5. The van der Waals surface area contributed by atoms with Gasteiger partial charge in [0.1, 0.15) is 5.75 Å². The largest absolute Gasteiger partial charge is 0.508 e. The average molecular weight is 292 g/mol. The van der Waals surface area contributed by atoms with E-state index < -0.39 is 0 Å². The quantitative estimate of drug-likeness (QED) is 0.761. The molecule has 116 valence electrons. The van der Waals surface area contributed by atoms with Crippen molar-refractivity contribution in [3.8, 4) is 5.75 Å². The molecule has 5 heteroatoms. The second-order valence-electron chi connectivity index (χ2n) is 5.70. The summed E-state index contributed by atoms with van der Waals surface area (Å²) in [6.45, 7) is 5.27. The minimum absolute atomic E-state index is 0.143. The normalized spacial score (nSPS) is 19.4. The van der Waals surface area contributed by atoms with Gasteiger partial charge in [0, 0.05) is 37.4 Å². The molecule has 1 fully saturated rings. The third-order valence-corrected chi connectivity index (χ3v) is 4.12. The number of phenols is 1. The van der Waals surface area contributed by atoms with E-state index in [4.69, 9.17) is 0 Å². The molecule has 3 N–H and O–H groups in total. The number of likely N-dealkylation sites (tertiary alicyclic amines) is 1. The summed E-state index contributed by atoms with van der Waals surface area (Å²) in [6.07, 6.45) is 2.19. The molecule has 1 heterocycles. The lowest BCUT2D eigenvalue weighted by Gasteiger charge is -2.31. The van der Waals surface area contributed by atoms with Gasteiger partial charge in [0.2, 0.25) is 0 Å². The van der Waals surface area contributed by atoms with Crippen molar-refractivity contribution in [2.75, 3.05) is 32.8 Å². The first-order chi connectivity index (χ1) is 10.1. The van der Waals surface area contributed by atoms with Gasteiger partial charge in [0.05, 0.1) is 0 Å². The fourth-order valence-corrected chi connectivity index (χ4v) is 2.80. The first kappa shape index (κ1) is 15.8. The molecule has 0 radical (unpaired) electrons.